The molecule has 0 heterocycles. The van der Waals surface area contributed by atoms with E-state index in [1.54, 1.807) is 13.0 Å². The van der Waals surface area contributed by atoms with Gasteiger partial charge in [-0.15, -0.1) is 0 Å². The quantitative estimate of drug-likeness (QED) is 0.578. The van der Waals surface area contributed by atoms with Crippen molar-refractivity contribution in [2.45, 2.75) is 6.92 Å². The Kier molecular flexibility index (Phi) is 1.81. The summed E-state index contributed by atoms with van der Waals surface area (Å²) in [6, 6.07) is 3.03. The number of halogens is 2. The summed E-state index contributed by atoms with van der Waals surface area (Å²) in [5.74, 6) is -0.424. The molecule has 54 valence electrons. The number of hydrogen-bond acceptors (Lipinski definition) is 1. The summed E-state index contributed by atoms with van der Waals surface area (Å²) >= 11 is 5.59. The first kappa shape index (κ1) is 7.35. The molecule has 0 aromatic heterocycles. The summed E-state index contributed by atoms with van der Waals surface area (Å²) in [6.07, 6.45) is 0. The minimum atomic E-state index is -0.424. The van der Waals surface area contributed by atoms with Gasteiger partial charge in [0.25, 0.3) is 0 Å². The van der Waals surface area contributed by atoms with E-state index in [1.165, 1.54) is 6.07 Å². The Morgan fingerprint density at radius 1 is 1.50 bits per heavy atom. The van der Waals surface area contributed by atoms with Gasteiger partial charge in [-0.1, -0.05) is 11.6 Å². The molecule has 0 atom stereocenters. The molecular weight excluding hydrogens is 153 g/mol. The van der Waals surface area contributed by atoms with Crippen molar-refractivity contribution < 1.29 is 4.39 Å². The number of nitrogen functional groups attached to an aromatic ring is 1. The van der Waals surface area contributed by atoms with Crippen molar-refractivity contribution in [3.05, 3.63) is 28.5 Å². The molecule has 1 rings (SSSR count). The summed E-state index contributed by atoms with van der Waals surface area (Å²) in [4.78, 5) is 0. The molecule has 0 aliphatic carbocycles. The number of nitrogens with two attached hydrogens (primary N) is 1. The third-order valence-electron chi connectivity index (χ3n) is 1.35. The zero-order chi connectivity index (χ0) is 7.72. The standard InChI is InChI=1S/C7H7ClFN/c1-4-5(8)2-3-6(10)7(4)9/h2-3H,10H2,1H3. The number of hydrogen-bond donors (Lipinski definition) is 1. The minimum absolute atomic E-state index is 0.141. The lowest BCUT2D eigenvalue weighted by Crippen LogP contribution is -1.92. The van der Waals surface area contributed by atoms with Gasteiger partial charge in [0.05, 0.1) is 5.69 Å². The normalized spacial score (nSPS) is 9.90. The van der Waals surface area contributed by atoms with E-state index in [0.29, 0.717) is 10.6 Å². The summed E-state index contributed by atoms with van der Waals surface area (Å²) in [5.41, 5.74) is 5.80. The van der Waals surface area contributed by atoms with E-state index in [9.17, 15) is 4.39 Å². The van der Waals surface area contributed by atoms with Gasteiger partial charge in [0.2, 0.25) is 0 Å². The average Bonchev–Trinajstić information content (AvgIpc) is 1.93. The Hall–Kier alpha value is -0.760. The Morgan fingerprint density at radius 2 is 2.10 bits per heavy atom. The first-order valence-electron chi connectivity index (χ1n) is 2.83. The van der Waals surface area contributed by atoms with Gasteiger partial charge >= 0.3 is 0 Å². The van der Waals surface area contributed by atoms with Crippen LogP contribution < -0.4 is 5.73 Å². The maximum atomic E-state index is 12.8. The van der Waals surface area contributed by atoms with E-state index in [2.05, 4.69) is 0 Å². The van der Waals surface area contributed by atoms with E-state index in [-0.39, 0.29) is 5.69 Å². The van der Waals surface area contributed by atoms with Crippen LogP contribution in [0, 0.1) is 12.7 Å². The lowest BCUT2D eigenvalue weighted by atomic mass is 10.2. The zero-order valence-electron chi connectivity index (χ0n) is 5.49. The van der Waals surface area contributed by atoms with Crippen LogP contribution in [0.25, 0.3) is 0 Å². The van der Waals surface area contributed by atoms with Gasteiger partial charge in [-0.2, -0.15) is 0 Å². The van der Waals surface area contributed by atoms with Crippen LogP contribution in [-0.2, 0) is 0 Å². The highest BCUT2D eigenvalue weighted by Gasteiger charge is 2.04. The number of anilines is 1. The maximum absolute atomic E-state index is 12.8. The Balaban J connectivity index is 3.34. The zero-order valence-corrected chi connectivity index (χ0v) is 6.24. The molecule has 0 amide bonds. The predicted octanol–water partition coefficient (Wildman–Crippen LogP) is 2.37. The molecule has 0 saturated heterocycles. The molecule has 0 radical (unpaired) electrons. The molecule has 0 unspecified atom stereocenters. The van der Waals surface area contributed by atoms with E-state index in [0.717, 1.165) is 0 Å². The minimum Gasteiger partial charge on any atom is -0.396 e. The highest BCUT2D eigenvalue weighted by molar-refractivity contribution is 6.31. The van der Waals surface area contributed by atoms with Crippen molar-refractivity contribution in [1.82, 2.24) is 0 Å². The molecule has 0 aliphatic rings. The third kappa shape index (κ3) is 1.07. The Morgan fingerprint density at radius 3 is 2.60 bits per heavy atom. The van der Waals surface area contributed by atoms with E-state index in [4.69, 9.17) is 17.3 Å². The number of benzene rings is 1. The largest absolute Gasteiger partial charge is 0.396 e. The predicted molar refractivity (Wildman–Crippen MR) is 40.6 cm³/mol. The fourth-order valence-electron chi connectivity index (χ4n) is 0.682. The second-order valence-electron chi connectivity index (χ2n) is 2.08. The SMILES string of the molecule is Cc1c(Cl)ccc(N)c1F. The Bertz CT molecular complexity index is 233. The van der Waals surface area contributed by atoms with Crippen molar-refractivity contribution in [1.29, 1.82) is 0 Å². The molecule has 1 aromatic rings. The molecule has 0 fully saturated rings. The van der Waals surface area contributed by atoms with Gasteiger partial charge < -0.3 is 5.73 Å². The first-order chi connectivity index (χ1) is 4.63. The van der Waals surface area contributed by atoms with Crippen LogP contribution in [0.5, 0.6) is 0 Å². The third-order valence-corrected chi connectivity index (χ3v) is 1.76. The van der Waals surface area contributed by atoms with Crippen molar-refractivity contribution in [3.63, 3.8) is 0 Å². The van der Waals surface area contributed by atoms with Gasteiger partial charge in [0, 0.05) is 10.6 Å². The van der Waals surface area contributed by atoms with Crippen LogP contribution in [0.2, 0.25) is 5.02 Å². The van der Waals surface area contributed by atoms with Crippen LogP contribution in [0.3, 0.4) is 0 Å². The molecule has 2 N–H and O–H groups in total. The van der Waals surface area contributed by atoms with Crippen molar-refractivity contribution in [2.24, 2.45) is 0 Å². The number of rotatable bonds is 0. The highest BCUT2D eigenvalue weighted by atomic mass is 35.5. The van der Waals surface area contributed by atoms with Crippen LogP contribution in [0.4, 0.5) is 10.1 Å². The van der Waals surface area contributed by atoms with Gasteiger partial charge in [-0.05, 0) is 19.1 Å². The van der Waals surface area contributed by atoms with Gasteiger partial charge in [0.1, 0.15) is 5.82 Å². The van der Waals surface area contributed by atoms with Crippen molar-refractivity contribution in [3.8, 4) is 0 Å². The molecule has 3 heteroatoms. The van der Waals surface area contributed by atoms with E-state index >= 15 is 0 Å². The van der Waals surface area contributed by atoms with E-state index in [1.807, 2.05) is 0 Å². The van der Waals surface area contributed by atoms with E-state index < -0.39 is 5.82 Å². The molecule has 0 aliphatic heterocycles. The monoisotopic (exact) mass is 159 g/mol. The average molecular weight is 160 g/mol. The fraction of sp³-hybridized carbons (Fsp3) is 0.143. The van der Waals surface area contributed by atoms with Gasteiger partial charge in [-0.3, -0.25) is 0 Å². The lowest BCUT2D eigenvalue weighted by molar-refractivity contribution is 0.623. The summed E-state index contributed by atoms with van der Waals surface area (Å²) < 4.78 is 12.8. The summed E-state index contributed by atoms with van der Waals surface area (Å²) in [6.45, 7) is 1.59. The van der Waals surface area contributed by atoms with Crippen LogP contribution in [0.15, 0.2) is 12.1 Å². The van der Waals surface area contributed by atoms with Crippen molar-refractivity contribution >= 4 is 17.3 Å². The lowest BCUT2D eigenvalue weighted by Gasteiger charge is -2.00. The smallest absolute Gasteiger partial charge is 0.150 e. The van der Waals surface area contributed by atoms with Gasteiger partial charge in [-0.25, -0.2) is 4.39 Å². The highest BCUT2D eigenvalue weighted by Crippen LogP contribution is 2.21. The first-order valence-corrected chi connectivity index (χ1v) is 3.21. The second-order valence-corrected chi connectivity index (χ2v) is 2.48. The summed E-state index contributed by atoms with van der Waals surface area (Å²) in [7, 11) is 0. The van der Waals surface area contributed by atoms with Crippen molar-refractivity contribution in [2.75, 3.05) is 5.73 Å². The topological polar surface area (TPSA) is 26.0 Å². The molecule has 10 heavy (non-hydrogen) atoms. The Labute approximate surface area is 63.6 Å². The van der Waals surface area contributed by atoms with Gasteiger partial charge in [0.15, 0.2) is 0 Å². The second kappa shape index (κ2) is 2.46. The molecular formula is C7H7ClFN. The van der Waals surface area contributed by atoms with Crippen LogP contribution in [-0.4, -0.2) is 0 Å². The van der Waals surface area contributed by atoms with Crippen LogP contribution >= 0.6 is 11.6 Å². The molecule has 1 aromatic carbocycles. The van der Waals surface area contributed by atoms with Crippen LogP contribution in [0.1, 0.15) is 5.56 Å². The molecule has 0 saturated carbocycles. The maximum Gasteiger partial charge on any atom is 0.150 e. The molecule has 0 spiro atoms. The molecule has 1 nitrogen and oxygen atoms in total. The fourth-order valence-corrected chi connectivity index (χ4v) is 0.828. The summed E-state index contributed by atoms with van der Waals surface area (Å²) in [5, 5.41) is 0.409. The molecule has 0 bridgehead atoms.